The number of rotatable bonds is 5. The molecule has 0 aromatic heterocycles. The van der Waals surface area contributed by atoms with Gasteiger partial charge in [-0.25, -0.2) is 8.78 Å². The smallest absolute Gasteiger partial charge is 0.255 e. The van der Waals surface area contributed by atoms with E-state index in [4.69, 9.17) is 11.6 Å². The fourth-order valence-corrected chi connectivity index (χ4v) is 1.63. The lowest BCUT2D eigenvalue weighted by molar-refractivity contribution is 0.0571. The summed E-state index contributed by atoms with van der Waals surface area (Å²) in [5.74, 6) is -0.268. The van der Waals surface area contributed by atoms with E-state index in [9.17, 15) is 13.6 Å². The Morgan fingerprint density at radius 3 is 2.41 bits per heavy atom. The number of nitrogens with zero attached hydrogens (tertiary/aromatic N) is 1. The summed E-state index contributed by atoms with van der Waals surface area (Å²) in [6, 6.07) is 6.80. The van der Waals surface area contributed by atoms with Gasteiger partial charge < -0.3 is 4.90 Å². The molecule has 0 unspecified atom stereocenters. The Kier molecular flexibility index (Phi) is 5.35. The van der Waals surface area contributed by atoms with E-state index in [2.05, 4.69) is 0 Å². The average Bonchev–Trinajstić information content (AvgIpc) is 2.28. The second-order valence-electron chi connectivity index (χ2n) is 3.70. The second-order valence-corrected chi connectivity index (χ2v) is 4.08. The Labute approximate surface area is 104 Å². The quantitative estimate of drug-likeness (QED) is 0.747. The molecule has 0 saturated heterocycles. The van der Waals surface area contributed by atoms with Gasteiger partial charge in [0.2, 0.25) is 0 Å². The molecule has 0 fully saturated rings. The van der Waals surface area contributed by atoms with Crippen molar-refractivity contribution in [1.29, 1.82) is 0 Å². The minimum Gasteiger partial charge on any atom is -0.332 e. The van der Waals surface area contributed by atoms with Gasteiger partial charge in [0.15, 0.2) is 0 Å². The maximum atomic E-state index is 12.3. The van der Waals surface area contributed by atoms with E-state index in [0.717, 1.165) is 10.5 Å². The van der Waals surface area contributed by atoms with Gasteiger partial charge >= 0.3 is 0 Å². The first kappa shape index (κ1) is 13.9. The number of amides is 1. The number of hydrogen-bond donors (Lipinski definition) is 0. The Morgan fingerprint density at radius 1 is 1.35 bits per heavy atom. The molecule has 17 heavy (non-hydrogen) atoms. The highest BCUT2D eigenvalue weighted by Crippen LogP contribution is 2.09. The van der Waals surface area contributed by atoms with E-state index < -0.39 is 18.9 Å². The monoisotopic (exact) mass is 261 g/mol. The van der Waals surface area contributed by atoms with Gasteiger partial charge in [0.1, 0.15) is 0 Å². The van der Waals surface area contributed by atoms with Crippen molar-refractivity contribution >= 4 is 17.5 Å². The Hall–Kier alpha value is -1.16. The van der Waals surface area contributed by atoms with Gasteiger partial charge in [0, 0.05) is 18.0 Å². The summed E-state index contributed by atoms with van der Waals surface area (Å²) in [5.41, 5.74) is 1.42. The minimum atomic E-state index is -2.55. The molecule has 0 atom stereocenters. The summed E-state index contributed by atoms with van der Waals surface area (Å²) < 4.78 is 24.6. The van der Waals surface area contributed by atoms with Gasteiger partial charge in [0.25, 0.3) is 12.3 Å². The van der Waals surface area contributed by atoms with Crippen LogP contribution in [0.5, 0.6) is 0 Å². The third-order valence-corrected chi connectivity index (χ3v) is 2.47. The molecule has 0 radical (unpaired) electrons. The highest BCUT2D eigenvalue weighted by atomic mass is 35.5. The molecular formula is C12H14ClF2NO. The van der Waals surface area contributed by atoms with Gasteiger partial charge in [-0.2, -0.15) is 0 Å². The Bertz CT molecular complexity index is 367. The van der Waals surface area contributed by atoms with Gasteiger partial charge in [-0.05, 0) is 19.1 Å². The minimum absolute atomic E-state index is 0.124. The van der Waals surface area contributed by atoms with E-state index in [0.29, 0.717) is 5.56 Å². The standard InChI is InChI=1S/C12H14ClF2NO/c1-9-2-4-10(5-3-9)12(17)16(7-6-13)8-11(14)15/h2-5,11H,6-8H2,1H3. The molecule has 1 rings (SSSR count). The molecule has 0 bridgehead atoms. The first-order chi connectivity index (χ1) is 8.04. The van der Waals surface area contributed by atoms with Crippen LogP contribution in [0.25, 0.3) is 0 Å². The summed E-state index contributed by atoms with van der Waals surface area (Å²) in [6.45, 7) is 1.43. The van der Waals surface area contributed by atoms with Gasteiger partial charge in [-0.15, -0.1) is 11.6 Å². The molecule has 1 amide bonds. The first-order valence-electron chi connectivity index (χ1n) is 5.24. The third kappa shape index (κ3) is 4.30. The summed E-state index contributed by atoms with van der Waals surface area (Å²) in [5, 5.41) is 0. The maximum absolute atomic E-state index is 12.3. The lowest BCUT2D eigenvalue weighted by Crippen LogP contribution is -2.36. The van der Waals surface area contributed by atoms with E-state index in [1.165, 1.54) is 0 Å². The number of halogens is 3. The zero-order valence-electron chi connectivity index (χ0n) is 9.50. The van der Waals surface area contributed by atoms with Crippen molar-refractivity contribution in [3.8, 4) is 0 Å². The van der Waals surface area contributed by atoms with Gasteiger partial charge in [0.05, 0.1) is 6.54 Å². The van der Waals surface area contributed by atoms with Crippen LogP contribution >= 0.6 is 11.6 Å². The predicted octanol–water partition coefficient (Wildman–Crippen LogP) is 2.94. The molecule has 0 aliphatic rings. The molecular weight excluding hydrogens is 248 g/mol. The normalized spacial score (nSPS) is 10.6. The van der Waals surface area contributed by atoms with Crippen molar-refractivity contribution in [2.45, 2.75) is 13.3 Å². The van der Waals surface area contributed by atoms with E-state index in [1.54, 1.807) is 24.3 Å². The first-order valence-corrected chi connectivity index (χ1v) is 5.78. The number of alkyl halides is 3. The number of aryl methyl sites for hydroxylation is 1. The second kappa shape index (κ2) is 6.55. The summed E-state index contributed by atoms with van der Waals surface area (Å²) >= 11 is 5.50. The summed E-state index contributed by atoms with van der Waals surface area (Å²) in [4.78, 5) is 13.0. The maximum Gasteiger partial charge on any atom is 0.255 e. The SMILES string of the molecule is Cc1ccc(C(=O)N(CCCl)CC(F)F)cc1. The average molecular weight is 262 g/mol. The Morgan fingerprint density at radius 2 is 1.94 bits per heavy atom. The van der Waals surface area contributed by atoms with E-state index in [-0.39, 0.29) is 12.4 Å². The van der Waals surface area contributed by atoms with Crippen LogP contribution in [0.4, 0.5) is 8.78 Å². The van der Waals surface area contributed by atoms with Crippen LogP contribution in [0.15, 0.2) is 24.3 Å². The van der Waals surface area contributed by atoms with Crippen molar-refractivity contribution in [2.24, 2.45) is 0 Å². The molecule has 0 N–H and O–H groups in total. The molecule has 0 aliphatic carbocycles. The highest BCUT2D eigenvalue weighted by Gasteiger charge is 2.18. The molecule has 94 valence electrons. The van der Waals surface area contributed by atoms with Crippen molar-refractivity contribution < 1.29 is 13.6 Å². The van der Waals surface area contributed by atoms with E-state index in [1.807, 2.05) is 6.92 Å². The predicted molar refractivity (Wildman–Crippen MR) is 63.8 cm³/mol. The highest BCUT2D eigenvalue weighted by molar-refractivity contribution is 6.18. The van der Waals surface area contributed by atoms with Crippen LogP contribution in [0.2, 0.25) is 0 Å². The molecule has 0 aliphatic heterocycles. The van der Waals surface area contributed by atoms with Crippen molar-refractivity contribution in [2.75, 3.05) is 19.0 Å². The molecule has 1 aromatic rings. The fourth-order valence-electron chi connectivity index (χ4n) is 1.42. The summed E-state index contributed by atoms with van der Waals surface area (Å²) in [7, 11) is 0. The zero-order valence-corrected chi connectivity index (χ0v) is 10.3. The van der Waals surface area contributed by atoms with Gasteiger partial charge in [-0.3, -0.25) is 4.79 Å². The summed E-state index contributed by atoms with van der Waals surface area (Å²) in [6.07, 6.45) is -2.55. The number of carbonyl (C=O) groups is 1. The molecule has 5 heteroatoms. The number of hydrogen-bond acceptors (Lipinski definition) is 1. The number of carbonyl (C=O) groups excluding carboxylic acids is 1. The van der Waals surface area contributed by atoms with Crippen LogP contribution in [0.3, 0.4) is 0 Å². The van der Waals surface area contributed by atoms with Gasteiger partial charge in [-0.1, -0.05) is 17.7 Å². The van der Waals surface area contributed by atoms with E-state index >= 15 is 0 Å². The lowest BCUT2D eigenvalue weighted by Gasteiger charge is -2.21. The van der Waals surface area contributed by atoms with Crippen LogP contribution in [0, 0.1) is 6.92 Å². The lowest BCUT2D eigenvalue weighted by atomic mass is 10.1. The van der Waals surface area contributed by atoms with Crippen LogP contribution in [-0.2, 0) is 0 Å². The number of benzene rings is 1. The fraction of sp³-hybridized carbons (Fsp3) is 0.417. The largest absolute Gasteiger partial charge is 0.332 e. The van der Waals surface area contributed by atoms with Crippen molar-refractivity contribution in [3.05, 3.63) is 35.4 Å². The molecule has 0 saturated carbocycles. The third-order valence-electron chi connectivity index (χ3n) is 2.30. The van der Waals surface area contributed by atoms with Crippen LogP contribution < -0.4 is 0 Å². The molecule has 1 aromatic carbocycles. The van der Waals surface area contributed by atoms with Crippen LogP contribution in [-0.4, -0.2) is 36.2 Å². The van der Waals surface area contributed by atoms with Crippen molar-refractivity contribution in [3.63, 3.8) is 0 Å². The zero-order chi connectivity index (χ0) is 12.8. The topological polar surface area (TPSA) is 20.3 Å². The van der Waals surface area contributed by atoms with Crippen molar-refractivity contribution in [1.82, 2.24) is 4.90 Å². The molecule has 2 nitrogen and oxygen atoms in total. The molecule has 0 heterocycles. The molecule has 0 spiro atoms. The van der Waals surface area contributed by atoms with Crippen LogP contribution in [0.1, 0.15) is 15.9 Å². The Balaban J connectivity index is 2.79.